The van der Waals surface area contributed by atoms with Gasteiger partial charge in [-0.1, -0.05) is 45.7 Å². The lowest BCUT2D eigenvalue weighted by atomic mass is 9.81. The fraction of sp³-hybridized carbons (Fsp3) is 0.571. The van der Waals surface area contributed by atoms with Gasteiger partial charge in [0.15, 0.2) is 0 Å². The first-order valence-corrected chi connectivity index (χ1v) is 11.7. The van der Waals surface area contributed by atoms with Crippen molar-refractivity contribution in [1.82, 2.24) is 4.90 Å². The van der Waals surface area contributed by atoms with E-state index < -0.39 is 17.8 Å². The summed E-state index contributed by atoms with van der Waals surface area (Å²) in [5.41, 5.74) is 0.436. The number of carbonyl (C=O) groups is 3. The molecule has 29 heavy (non-hydrogen) atoms. The molecule has 3 amide bonds. The van der Waals surface area contributed by atoms with Gasteiger partial charge in [-0.15, -0.1) is 0 Å². The molecule has 2 saturated carbocycles. The van der Waals surface area contributed by atoms with Crippen LogP contribution in [-0.4, -0.2) is 38.3 Å². The van der Waals surface area contributed by atoms with Gasteiger partial charge in [0, 0.05) is 15.3 Å². The molecule has 1 saturated heterocycles. The molecule has 8 heteroatoms. The number of carbonyl (C=O) groups excluding carboxylic acids is 3. The van der Waals surface area contributed by atoms with Crippen molar-refractivity contribution in [1.29, 1.82) is 0 Å². The van der Waals surface area contributed by atoms with Gasteiger partial charge in [0.1, 0.15) is 11.9 Å². The standard InChI is InChI=1S/C21H23Br2FN2O3/c1-9(2)7-14(19(27)25-11-5-3-10(24)4-6-11)26-20(28)15-12-8-13(16(15)21(26)29)18(23)17(12)22/h3-6,9,12-18H,7-8H2,1-2H3,(H,25,27)/t12-,13-,14-,15-,16-,17-,18+/m1/s1. The SMILES string of the molecule is CC(C)C[C@H](C(=O)Nc1ccc(F)cc1)N1C(=O)[C@@H]2[C@H]3C[C@@H]([C@@H](Br)[C@H]3Br)[C@H]2C1=O. The zero-order valence-corrected chi connectivity index (χ0v) is 19.3. The first-order chi connectivity index (χ1) is 13.7. The Morgan fingerprint density at radius 1 is 1.10 bits per heavy atom. The monoisotopic (exact) mass is 528 g/mol. The van der Waals surface area contributed by atoms with Gasteiger partial charge in [-0.25, -0.2) is 4.39 Å². The number of amides is 3. The van der Waals surface area contributed by atoms with Crippen LogP contribution in [0.1, 0.15) is 26.7 Å². The molecule has 0 spiro atoms. The highest BCUT2D eigenvalue weighted by Gasteiger charge is 2.67. The molecule has 1 heterocycles. The van der Waals surface area contributed by atoms with E-state index in [1.165, 1.54) is 29.2 Å². The molecule has 3 fully saturated rings. The van der Waals surface area contributed by atoms with E-state index in [1.807, 2.05) is 13.8 Å². The topological polar surface area (TPSA) is 66.5 Å². The van der Waals surface area contributed by atoms with Gasteiger partial charge in [-0.3, -0.25) is 19.3 Å². The molecular formula is C21H23Br2FN2O3. The molecule has 1 aromatic carbocycles. The van der Waals surface area contributed by atoms with E-state index in [0.717, 1.165) is 6.42 Å². The van der Waals surface area contributed by atoms with Crippen LogP contribution < -0.4 is 5.32 Å². The van der Waals surface area contributed by atoms with E-state index in [-0.39, 0.29) is 51.1 Å². The lowest BCUT2D eigenvalue weighted by Gasteiger charge is -2.28. The first-order valence-electron chi connectivity index (χ1n) is 9.92. The summed E-state index contributed by atoms with van der Waals surface area (Å²) < 4.78 is 13.2. The van der Waals surface area contributed by atoms with E-state index in [9.17, 15) is 18.8 Å². The number of nitrogens with zero attached hydrogens (tertiary/aromatic N) is 1. The smallest absolute Gasteiger partial charge is 0.247 e. The Hall–Kier alpha value is -1.28. The first kappa shape index (κ1) is 21.0. The zero-order valence-electron chi connectivity index (χ0n) is 16.1. The van der Waals surface area contributed by atoms with Crippen LogP contribution in [0, 0.1) is 35.4 Å². The second kappa shape index (κ2) is 7.76. The van der Waals surface area contributed by atoms with Gasteiger partial charge >= 0.3 is 0 Å². The summed E-state index contributed by atoms with van der Waals surface area (Å²) in [6.45, 7) is 3.91. The van der Waals surface area contributed by atoms with Crippen molar-refractivity contribution in [2.45, 2.75) is 42.4 Å². The largest absolute Gasteiger partial charge is 0.324 e. The van der Waals surface area contributed by atoms with E-state index >= 15 is 0 Å². The van der Waals surface area contributed by atoms with Crippen LogP contribution in [0.3, 0.4) is 0 Å². The summed E-state index contributed by atoms with van der Waals surface area (Å²) in [6.07, 6.45) is 1.23. The summed E-state index contributed by atoms with van der Waals surface area (Å²) in [7, 11) is 0. The number of hydrogen-bond acceptors (Lipinski definition) is 3. The molecule has 3 aliphatic rings. The quantitative estimate of drug-likeness (QED) is 0.464. The summed E-state index contributed by atoms with van der Waals surface area (Å²) in [4.78, 5) is 41.2. The van der Waals surface area contributed by atoms with Crippen LogP contribution in [0.4, 0.5) is 10.1 Å². The molecule has 0 unspecified atom stereocenters. The Bertz CT molecular complexity index is 815. The molecule has 1 aromatic rings. The third-order valence-electron chi connectivity index (χ3n) is 6.44. The maximum absolute atomic E-state index is 13.3. The zero-order chi connectivity index (χ0) is 21.0. The number of nitrogens with one attached hydrogen (secondary N) is 1. The predicted molar refractivity (Wildman–Crippen MR) is 114 cm³/mol. The molecular weight excluding hydrogens is 507 g/mol. The molecule has 7 atom stereocenters. The van der Waals surface area contributed by atoms with E-state index in [4.69, 9.17) is 0 Å². The molecule has 5 nitrogen and oxygen atoms in total. The molecule has 0 aromatic heterocycles. The second-order valence-electron chi connectivity index (χ2n) is 8.69. The lowest BCUT2D eigenvalue weighted by Crippen LogP contribution is -2.49. The molecule has 0 radical (unpaired) electrons. The van der Waals surface area contributed by atoms with Crippen molar-refractivity contribution in [2.75, 3.05) is 5.32 Å². The van der Waals surface area contributed by atoms with Gasteiger partial charge in [-0.2, -0.15) is 0 Å². The highest BCUT2D eigenvalue weighted by molar-refractivity contribution is 9.12. The fourth-order valence-corrected chi connectivity index (χ4v) is 7.09. The summed E-state index contributed by atoms with van der Waals surface area (Å²) in [6, 6.07) is 4.58. The number of benzene rings is 1. The van der Waals surface area contributed by atoms with Crippen LogP contribution in [0.25, 0.3) is 0 Å². The Kier molecular flexibility index (Phi) is 5.61. The minimum atomic E-state index is -0.868. The molecule has 4 rings (SSSR count). The van der Waals surface area contributed by atoms with Gasteiger partial charge in [0.05, 0.1) is 11.8 Å². The Morgan fingerprint density at radius 3 is 2.10 bits per heavy atom. The third-order valence-corrected chi connectivity index (χ3v) is 9.65. The maximum atomic E-state index is 13.3. The average molecular weight is 530 g/mol. The molecule has 156 valence electrons. The van der Waals surface area contributed by atoms with Crippen LogP contribution in [0.5, 0.6) is 0 Å². The van der Waals surface area contributed by atoms with Crippen LogP contribution in [0.2, 0.25) is 0 Å². The van der Waals surface area contributed by atoms with Crippen molar-refractivity contribution in [2.24, 2.45) is 29.6 Å². The summed E-state index contributed by atoms with van der Waals surface area (Å²) in [5.74, 6) is -1.63. The van der Waals surface area contributed by atoms with Gasteiger partial charge < -0.3 is 5.32 Å². The number of fused-ring (bicyclic) bond motifs is 5. The Labute approximate surface area is 186 Å². The minimum absolute atomic E-state index is 0.107. The number of rotatable bonds is 5. The number of imide groups is 1. The van der Waals surface area contributed by atoms with Gasteiger partial charge in [0.2, 0.25) is 17.7 Å². The average Bonchev–Trinajstić information content (AvgIpc) is 3.27. The minimum Gasteiger partial charge on any atom is -0.324 e. The van der Waals surface area contributed by atoms with E-state index in [2.05, 4.69) is 37.2 Å². The summed E-state index contributed by atoms with van der Waals surface area (Å²) in [5, 5.41) is 2.74. The van der Waals surface area contributed by atoms with E-state index in [1.54, 1.807) is 0 Å². The van der Waals surface area contributed by atoms with E-state index in [0.29, 0.717) is 12.1 Å². The highest BCUT2D eigenvalue weighted by Crippen LogP contribution is 2.60. The molecule has 1 N–H and O–H groups in total. The van der Waals surface area contributed by atoms with Crippen molar-refractivity contribution >= 4 is 55.3 Å². The normalized spacial score (nSPS) is 34.1. The number of halogens is 3. The van der Waals surface area contributed by atoms with Crippen molar-refractivity contribution in [3.8, 4) is 0 Å². The number of alkyl halides is 2. The van der Waals surface area contributed by atoms with Crippen molar-refractivity contribution in [3.63, 3.8) is 0 Å². The lowest BCUT2D eigenvalue weighted by molar-refractivity contribution is -0.147. The Morgan fingerprint density at radius 2 is 1.62 bits per heavy atom. The van der Waals surface area contributed by atoms with Gasteiger partial charge in [0.25, 0.3) is 0 Å². The van der Waals surface area contributed by atoms with Crippen LogP contribution in [-0.2, 0) is 14.4 Å². The number of hydrogen-bond donors (Lipinski definition) is 1. The summed E-state index contributed by atoms with van der Waals surface area (Å²) >= 11 is 7.36. The number of likely N-dealkylation sites (tertiary alicyclic amines) is 1. The van der Waals surface area contributed by atoms with Crippen LogP contribution >= 0.6 is 31.9 Å². The van der Waals surface area contributed by atoms with Crippen molar-refractivity contribution < 1.29 is 18.8 Å². The molecule has 2 bridgehead atoms. The van der Waals surface area contributed by atoms with Crippen molar-refractivity contribution in [3.05, 3.63) is 30.1 Å². The van der Waals surface area contributed by atoms with Crippen LogP contribution in [0.15, 0.2) is 24.3 Å². The number of anilines is 1. The highest BCUT2D eigenvalue weighted by atomic mass is 79.9. The Balaban J connectivity index is 1.60. The maximum Gasteiger partial charge on any atom is 0.247 e. The second-order valence-corrected chi connectivity index (χ2v) is 10.8. The fourth-order valence-electron chi connectivity index (χ4n) is 5.21. The molecule has 1 aliphatic heterocycles. The molecule has 2 aliphatic carbocycles. The predicted octanol–water partition coefficient (Wildman–Crippen LogP) is 3.96. The van der Waals surface area contributed by atoms with Gasteiger partial charge in [-0.05, 0) is 54.9 Å². The third kappa shape index (κ3) is 3.46.